The number of fused-ring (bicyclic) bond motifs is 5. The molecule has 3 fully saturated rings. The molecule has 0 aliphatic carbocycles. The molecule has 0 spiro atoms. The van der Waals surface area contributed by atoms with Gasteiger partial charge in [0.15, 0.2) is 0 Å². The number of pyridine rings is 2. The van der Waals surface area contributed by atoms with Crippen LogP contribution in [0, 0.1) is 77.9 Å². The third-order valence-electron chi connectivity index (χ3n) is 21.6. The van der Waals surface area contributed by atoms with Gasteiger partial charge in [-0.1, -0.05) is 53.2 Å². The lowest BCUT2D eigenvalue weighted by Gasteiger charge is -2.29. The molecule has 133 heavy (non-hydrogen) atoms. The fraction of sp³-hybridized carbons (Fsp3) is 0.289. The van der Waals surface area contributed by atoms with Crippen LogP contribution >= 0.6 is 45.8 Å². The van der Waals surface area contributed by atoms with Gasteiger partial charge in [0.25, 0.3) is 23.4 Å². The highest BCUT2D eigenvalue weighted by Crippen LogP contribution is 2.39. The summed E-state index contributed by atoms with van der Waals surface area (Å²) in [6, 6.07) is 17.4. The molecular formula is C90H85Cl2IN20O20. The van der Waals surface area contributed by atoms with Crippen LogP contribution in [0.2, 0.25) is 10.3 Å². The molecule has 10 aromatic rings. The predicted octanol–water partition coefficient (Wildman–Crippen LogP) is 9.82. The molecule has 16 rings (SSSR count). The number of halogens is 3. The van der Waals surface area contributed by atoms with Crippen molar-refractivity contribution in [2.24, 2.45) is 0 Å². The summed E-state index contributed by atoms with van der Waals surface area (Å²) in [6.07, 6.45) is 17.1. The highest BCUT2D eigenvalue weighted by molar-refractivity contribution is 14.1. The van der Waals surface area contributed by atoms with Crippen LogP contribution in [-0.4, -0.2) is 187 Å². The minimum Gasteiger partial charge on any atom is -0.496 e. The molecule has 3 unspecified atom stereocenters. The predicted molar refractivity (Wildman–Crippen MR) is 491 cm³/mol. The number of aliphatic hydroxyl groups excluding tert-OH is 1. The number of nitrogen functional groups attached to an aromatic ring is 2. The smallest absolute Gasteiger partial charge is 0.417 e. The third kappa shape index (κ3) is 22.6. The van der Waals surface area contributed by atoms with E-state index in [9.17, 15) is 67.6 Å². The quantitative estimate of drug-likeness (QED) is 0.00691. The number of benzene rings is 4. The Morgan fingerprint density at radius 1 is 0.571 bits per heavy atom. The molecule has 0 radical (unpaired) electrons. The van der Waals surface area contributed by atoms with Crippen LogP contribution in [0.15, 0.2) is 104 Å². The van der Waals surface area contributed by atoms with Crippen LogP contribution in [-0.2, 0) is 71.0 Å². The number of ether oxygens (including phenoxy) is 5. The second kappa shape index (κ2) is 43.4. The number of aliphatic hydroxyl groups is 1. The van der Waals surface area contributed by atoms with Crippen LogP contribution < -0.4 is 57.6 Å². The number of hydrogen-bond acceptors (Lipinski definition) is 28. The van der Waals surface area contributed by atoms with Gasteiger partial charge in [-0.15, -0.1) is 24.7 Å². The van der Waals surface area contributed by atoms with E-state index >= 15 is 0 Å². The highest BCUT2D eigenvalue weighted by Gasteiger charge is 2.44. The number of nitrogens with two attached hydrogens (primary N) is 2. The van der Waals surface area contributed by atoms with Crippen LogP contribution in [0.5, 0.6) is 17.2 Å². The van der Waals surface area contributed by atoms with Crippen molar-refractivity contribution >= 4 is 174 Å². The zero-order valence-corrected chi connectivity index (χ0v) is 75.8. The molecule has 6 aliphatic heterocycles. The van der Waals surface area contributed by atoms with Gasteiger partial charge in [-0.25, -0.2) is 24.4 Å². The standard InChI is InChI=1S/C33H31ClN8O6.C20H16N4O7.C18H17N3O5.C15H15ClIN5O.C4H6O/c1-17-13-36-23(18(2)27(17)47-3)16-41-14-19(26-28(34)39-32(35)40-29(26)41)7-4-5-12-48-33(46)37-22-9-6-8-20-21(22)15-42(31(20)45)24-10-11-25(43)38-30(24)44;25-17-9-8-16(18(26)22-17)23-10-14-13(19(23)27)2-1-3-15(14)21-20(28)31-12-6-4-11(5-7-12)24(29)30;1-2-3-9-26-18(25)19-13-6-4-5-11-12(13)10-21(17(11)24)14-7-8-15(22)20-16(14)23;1-7-4-19-10(8(2)12(7)23-3)6-22-5-9(17)11-13(16)20-15(18)21-14(11)22;1-2-3-4-5/h6,8-9,13-14,24H,5,10-12,15-16H2,1-3H3,(H,37,46)(H2,35,39,40)(H,38,43,44);1-7,16H,8-10H2,(H,21,28)(H,22,25,26);1,4-6,14H,3,7-10H2,(H,19,25)(H,20,22,23);4-5H,6H2,1-3H3,(H2,18,20,21);1,5H,3-4H2. The fourth-order valence-corrected chi connectivity index (χ4v) is 16.8. The average molecular weight is 1960 g/mol. The average Bonchev–Trinajstić information content (AvgIpc) is 1.60. The second-order valence-electron chi connectivity index (χ2n) is 30.2. The van der Waals surface area contributed by atoms with Gasteiger partial charge in [-0.05, 0) is 118 Å². The molecule has 3 atom stereocenters. The number of methoxy groups -OCH3 is 2. The Morgan fingerprint density at radius 2 is 0.970 bits per heavy atom. The number of amides is 12. The van der Waals surface area contributed by atoms with Crippen molar-refractivity contribution in [3.05, 3.63) is 200 Å². The van der Waals surface area contributed by atoms with Gasteiger partial charge in [-0.2, -0.15) is 9.97 Å². The minimum atomic E-state index is -0.839. The van der Waals surface area contributed by atoms with Gasteiger partial charge in [-0.3, -0.25) is 95.1 Å². The topological polar surface area (TPSA) is 535 Å². The number of nitrogens with zero attached hydrogens (tertiary/aromatic N) is 12. The van der Waals surface area contributed by atoms with Crippen molar-refractivity contribution < 1.29 is 91.2 Å². The Balaban J connectivity index is 0.000000164. The number of nitrogens with one attached hydrogen (secondary N) is 6. The van der Waals surface area contributed by atoms with Crippen LogP contribution in [0.4, 0.5) is 49.0 Å². The zero-order valence-electron chi connectivity index (χ0n) is 72.1. The van der Waals surface area contributed by atoms with E-state index in [0.717, 1.165) is 54.1 Å². The molecule has 6 aromatic heterocycles. The molecule has 0 saturated carbocycles. The molecule has 43 heteroatoms. The normalized spacial score (nSPS) is 15.6. The van der Waals surface area contributed by atoms with Crippen molar-refractivity contribution in [3.8, 4) is 53.8 Å². The van der Waals surface area contributed by atoms with Crippen molar-refractivity contribution in [3.63, 3.8) is 0 Å². The molecule has 11 N–H and O–H groups in total. The van der Waals surface area contributed by atoms with E-state index in [1.807, 2.05) is 49.2 Å². The number of nitro benzene ring substituents is 1. The van der Waals surface area contributed by atoms with Crippen molar-refractivity contribution in [2.75, 3.05) is 61.5 Å². The fourth-order valence-electron chi connectivity index (χ4n) is 15.3. The molecule has 12 heterocycles. The van der Waals surface area contributed by atoms with Crippen molar-refractivity contribution in [1.82, 2.24) is 69.7 Å². The molecule has 0 bridgehead atoms. The molecule has 3 saturated heterocycles. The number of terminal acetylenes is 2. The van der Waals surface area contributed by atoms with Gasteiger partial charge in [0.1, 0.15) is 70.2 Å². The monoisotopic (exact) mass is 1960 g/mol. The third-order valence-corrected chi connectivity index (χ3v) is 23.0. The summed E-state index contributed by atoms with van der Waals surface area (Å²) < 4.78 is 31.3. The van der Waals surface area contributed by atoms with Gasteiger partial charge >= 0.3 is 18.3 Å². The lowest BCUT2D eigenvalue weighted by Crippen LogP contribution is -2.52. The summed E-state index contributed by atoms with van der Waals surface area (Å²) >= 11 is 14.9. The van der Waals surface area contributed by atoms with E-state index in [4.69, 9.17) is 76.3 Å². The number of non-ortho nitro benzene ring substituents is 1. The number of aryl methyl sites for hydroxylation is 2. The summed E-state index contributed by atoms with van der Waals surface area (Å²) in [5.74, 6) is 9.01. The summed E-state index contributed by atoms with van der Waals surface area (Å²) in [5, 5.41) is 35.1. The van der Waals surface area contributed by atoms with Gasteiger partial charge in [0, 0.05) is 171 Å². The number of carbonyl (C=O) groups excluding carboxylic acids is 12. The first-order valence-electron chi connectivity index (χ1n) is 40.9. The number of aromatic nitrogens is 8. The number of nitro groups is 1. The number of carbonyl (C=O) groups is 12. The maximum absolute atomic E-state index is 13.1. The van der Waals surface area contributed by atoms with E-state index in [1.165, 1.54) is 39.0 Å². The van der Waals surface area contributed by atoms with E-state index in [0.29, 0.717) is 104 Å². The molecule has 686 valence electrons. The van der Waals surface area contributed by atoms with E-state index in [1.54, 1.807) is 81.2 Å². The lowest BCUT2D eigenvalue weighted by atomic mass is 10.0. The molecule has 12 amide bonds. The Hall–Kier alpha value is -15.4. The Kier molecular flexibility index (Phi) is 31.5. The number of hydrogen-bond donors (Lipinski definition) is 9. The first kappa shape index (κ1) is 96.7. The maximum Gasteiger partial charge on any atom is 0.417 e. The first-order valence-corrected chi connectivity index (χ1v) is 42.7. The van der Waals surface area contributed by atoms with Crippen molar-refractivity contribution in [1.29, 1.82) is 0 Å². The lowest BCUT2D eigenvalue weighted by molar-refractivity contribution is -0.384. The largest absolute Gasteiger partial charge is 0.496 e. The first-order chi connectivity index (χ1) is 63.7. The van der Waals surface area contributed by atoms with Crippen molar-refractivity contribution in [2.45, 2.75) is 136 Å². The summed E-state index contributed by atoms with van der Waals surface area (Å²) in [4.78, 5) is 186. The van der Waals surface area contributed by atoms with Gasteiger partial charge in [0.05, 0.1) is 66.6 Å². The van der Waals surface area contributed by atoms with E-state index in [2.05, 4.69) is 108 Å². The zero-order chi connectivity index (χ0) is 95.8. The molecule has 6 aliphatic rings. The van der Waals surface area contributed by atoms with E-state index < -0.39 is 59.1 Å². The second-order valence-corrected chi connectivity index (χ2v) is 32.1. The minimum absolute atomic E-state index is 0.0166. The number of anilines is 5. The number of piperidine rings is 3. The number of imide groups is 3. The molecule has 4 aromatic carbocycles. The van der Waals surface area contributed by atoms with Gasteiger partial charge < -0.3 is 64.1 Å². The Bertz CT molecular complexity index is 6540. The summed E-state index contributed by atoms with van der Waals surface area (Å²) in [7, 11) is 3.29. The number of rotatable bonds is 19. The molecular weight excluding hydrogens is 1880 g/mol. The maximum atomic E-state index is 13.1. The Morgan fingerprint density at radius 3 is 1.36 bits per heavy atom. The van der Waals surface area contributed by atoms with Crippen LogP contribution in [0.3, 0.4) is 0 Å². The van der Waals surface area contributed by atoms with E-state index in [-0.39, 0.29) is 148 Å². The molecule has 40 nitrogen and oxygen atoms in total. The van der Waals surface area contributed by atoms with Crippen LogP contribution in [0.1, 0.15) is 145 Å². The van der Waals surface area contributed by atoms with Crippen LogP contribution in [0.25, 0.3) is 22.1 Å². The SMILES string of the molecule is C#CCCO.C#CCCOC(=O)Nc1cccc2c1CN(C1CCC(=O)NC1=O)C2=O.COc1c(C)cnc(Cn2cc(C#CCCOC(=O)Nc3cccc4c3CN(C3CCC(=O)NC3=O)C4=O)c3c(Cl)nc(N)nc32)c1C.COc1c(C)cnc(Cn2cc(I)c3c(Cl)nc(N)nc32)c1C.O=C1CCC(N2Cc3c(NC(=O)Oc4ccc([N+](=O)[O-])cc4)cccc3C2=O)C(=O)N1. The Labute approximate surface area is 781 Å². The highest BCUT2D eigenvalue weighted by atomic mass is 127. The summed E-state index contributed by atoms with van der Waals surface area (Å²) in [5.41, 5.74) is 22.8. The summed E-state index contributed by atoms with van der Waals surface area (Å²) in [6.45, 7) is 9.31. The van der Waals surface area contributed by atoms with Gasteiger partial charge in [0.2, 0.25) is 47.3 Å².